The van der Waals surface area contributed by atoms with Crippen molar-refractivity contribution in [2.75, 3.05) is 45.2 Å². The highest BCUT2D eigenvalue weighted by Crippen LogP contribution is 2.47. The van der Waals surface area contributed by atoms with Gasteiger partial charge in [-0.1, -0.05) is 12.2 Å². The average molecular weight is 475 g/mol. The molecule has 2 saturated heterocycles. The monoisotopic (exact) mass is 474 g/mol. The standard InChI is InChI=1S/C25H29F3N4O2/c1-30(2)23(34)21-15-32(19-8-7-18(14-29)20(13-19)25(26,27)28)16-24(21)9-11-31(12-10-24)22(33)17-5-3-4-6-17/h3-4,7-8,13,17,21H,5-6,9-12,15-16H2,1-2H3. The second kappa shape index (κ2) is 8.97. The second-order valence-corrected chi connectivity index (χ2v) is 9.83. The van der Waals surface area contributed by atoms with Crippen LogP contribution in [0.15, 0.2) is 30.4 Å². The first-order valence-corrected chi connectivity index (χ1v) is 11.6. The third-order valence-electron chi connectivity index (χ3n) is 7.61. The molecule has 3 aliphatic rings. The summed E-state index contributed by atoms with van der Waals surface area (Å²) in [4.78, 5) is 31.3. The Labute approximate surface area is 197 Å². The zero-order valence-corrected chi connectivity index (χ0v) is 19.4. The molecule has 0 aromatic heterocycles. The third kappa shape index (κ3) is 4.38. The minimum Gasteiger partial charge on any atom is -0.370 e. The number of allylic oxidation sites excluding steroid dienone is 2. The summed E-state index contributed by atoms with van der Waals surface area (Å²) in [5.74, 6) is -0.287. The second-order valence-electron chi connectivity index (χ2n) is 9.83. The van der Waals surface area contributed by atoms with E-state index in [4.69, 9.17) is 5.26 Å². The largest absolute Gasteiger partial charge is 0.417 e. The maximum Gasteiger partial charge on any atom is 0.417 e. The number of nitrogens with zero attached hydrogens (tertiary/aromatic N) is 4. The lowest BCUT2D eigenvalue weighted by atomic mass is 9.70. The number of anilines is 1. The molecule has 1 unspecified atom stereocenters. The van der Waals surface area contributed by atoms with Crippen LogP contribution < -0.4 is 4.90 Å². The van der Waals surface area contributed by atoms with Crippen molar-refractivity contribution in [3.05, 3.63) is 41.5 Å². The number of halogens is 3. The predicted molar refractivity (Wildman–Crippen MR) is 121 cm³/mol. The minimum absolute atomic E-state index is 0.00670. The summed E-state index contributed by atoms with van der Waals surface area (Å²) in [5, 5.41) is 9.11. The fourth-order valence-corrected chi connectivity index (χ4v) is 5.63. The number of rotatable bonds is 3. The Kier molecular flexibility index (Phi) is 6.36. The van der Waals surface area contributed by atoms with Gasteiger partial charge in [0, 0.05) is 57.3 Å². The number of hydrogen-bond acceptors (Lipinski definition) is 4. The van der Waals surface area contributed by atoms with Crippen LogP contribution in [0.4, 0.5) is 18.9 Å². The van der Waals surface area contributed by atoms with Gasteiger partial charge in [-0.2, -0.15) is 18.4 Å². The van der Waals surface area contributed by atoms with Crippen molar-refractivity contribution in [2.45, 2.75) is 31.9 Å². The van der Waals surface area contributed by atoms with Crippen molar-refractivity contribution >= 4 is 17.5 Å². The molecule has 1 spiro atoms. The van der Waals surface area contributed by atoms with Gasteiger partial charge in [0.15, 0.2) is 0 Å². The van der Waals surface area contributed by atoms with Gasteiger partial charge in [0.25, 0.3) is 0 Å². The molecule has 9 heteroatoms. The van der Waals surface area contributed by atoms with E-state index in [1.54, 1.807) is 20.2 Å². The van der Waals surface area contributed by atoms with E-state index < -0.39 is 22.7 Å². The molecule has 6 nitrogen and oxygen atoms in total. The molecule has 0 bridgehead atoms. The van der Waals surface area contributed by atoms with Gasteiger partial charge in [-0.25, -0.2) is 0 Å². The fourth-order valence-electron chi connectivity index (χ4n) is 5.63. The molecular formula is C25H29F3N4O2. The maximum atomic E-state index is 13.5. The Morgan fingerprint density at radius 1 is 1.15 bits per heavy atom. The number of piperidine rings is 1. The molecule has 2 aliphatic heterocycles. The van der Waals surface area contributed by atoms with Crippen molar-refractivity contribution in [2.24, 2.45) is 17.3 Å². The van der Waals surface area contributed by atoms with E-state index in [2.05, 4.69) is 0 Å². The molecule has 1 aromatic carbocycles. The molecule has 182 valence electrons. The molecular weight excluding hydrogens is 445 g/mol. The van der Waals surface area contributed by atoms with Crippen molar-refractivity contribution in [3.8, 4) is 6.07 Å². The quantitative estimate of drug-likeness (QED) is 0.627. The molecule has 1 aromatic rings. The molecule has 2 fully saturated rings. The Morgan fingerprint density at radius 2 is 1.79 bits per heavy atom. The van der Waals surface area contributed by atoms with Gasteiger partial charge >= 0.3 is 6.18 Å². The van der Waals surface area contributed by atoms with Crippen LogP contribution in [0, 0.1) is 28.6 Å². The highest BCUT2D eigenvalue weighted by atomic mass is 19.4. The van der Waals surface area contributed by atoms with Crippen molar-refractivity contribution in [3.63, 3.8) is 0 Å². The number of carbonyl (C=O) groups excluding carboxylic acids is 2. The van der Waals surface area contributed by atoms with E-state index in [0.29, 0.717) is 44.7 Å². The van der Waals surface area contributed by atoms with Gasteiger partial charge in [0.05, 0.1) is 23.1 Å². The van der Waals surface area contributed by atoms with E-state index in [1.807, 2.05) is 22.0 Å². The van der Waals surface area contributed by atoms with Crippen LogP contribution in [-0.4, -0.2) is 61.9 Å². The Bertz CT molecular complexity index is 1030. The van der Waals surface area contributed by atoms with Crippen LogP contribution in [0.5, 0.6) is 0 Å². The highest BCUT2D eigenvalue weighted by molar-refractivity contribution is 5.82. The number of benzene rings is 1. The number of carbonyl (C=O) groups is 2. The third-order valence-corrected chi connectivity index (χ3v) is 7.61. The molecule has 2 heterocycles. The summed E-state index contributed by atoms with van der Waals surface area (Å²) in [6, 6.07) is 5.35. The van der Waals surface area contributed by atoms with Crippen LogP contribution in [0.2, 0.25) is 0 Å². The van der Waals surface area contributed by atoms with Gasteiger partial charge in [0.2, 0.25) is 11.8 Å². The van der Waals surface area contributed by atoms with E-state index in [9.17, 15) is 22.8 Å². The summed E-state index contributed by atoms with van der Waals surface area (Å²) in [6.07, 6.45) is 2.19. The predicted octanol–water partition coefficient (Wildman–Crippen LogP) is 3.68. The molecule has 4 rings (SSSR count). The minimum atomic E-state index is -4.64. The van der Waals surface area contributed by atoms with E-state index in [0.717, 1.165) is 18.9 Å². The molecule has 34 heavy (non-hydrogen) atoms. The summed E-state index contributed by atoms with van der Waals surface area (Å²) < 4.78 is 40.6. The summed E-state index contributed by atoms with van der Waals surface area (Å²) in [7, 11) is 3.38. The van der Waals surface area contributed by atoms with Gasteiger partial charge in [-0.05, 0) is 43.9 Å². The molecule has 1 atom stereocenters. The van der Waals surface area contributed by atoms with Crippen LogP contribution in [0.3, 0.4) is 0 Å². The molecule has 0 radical (unpaired) electrons. The Morgan fingerprint density at radius 3 is 2.35 bits per heavy atom. The van der Waals surface area contributed by atoms with Gasteiger partial charge in [-0.3, -0.25) is 9.59 Å². The van der Waals surface area contributed by atoms with Crippen LogP contribution in [-0.2, 0) is 15.8 Å². The zero-order valence-electron chi connectivity index (χ0n) is 19.4. The van der Waals surface area contributed by atoms with Crippen LogP contribution >= 0.6 is 0 Å². The molecule has 0 N–H and O–H groups in total. The Balaban J connectivity index is 1.58. The number of alkyl halides is 3. The summed E-state index contributed by atoms with van der Waals surface area (Å²) in [6.45, 7) is 1.83. The number of hydrogen-bond donors (Lipinski definition) is 0. The first-order chi connectivity index (χ1) is 16.1. The van der Waals surface area contributed by atoms with Crippen molar-refractivity contribution in [1.82, 2.24) is 9.80 Å². The average Bonchev–Trinajstić information content (AvgIpc) is 3.46. The molecule has 2 amide bonds. The van der Waals surface area contributed by atoms with E-state index in [1.165, 1.54) is 17.0 Å². The molecule has 1 aliphatic carbocycles. The summed E-state index contributed by atoms with van der Waals surface area (Å²) in [5.41, 5.74) is -1.44. The highest BCUT2D eigenvalue weighted by Gasteiger charge is 2.52. The van der Waals surface area contributed by atoms with Crippen LogP contribution in [0.1, 0.15) is 36.8 Å². The topological polar surface area (TPSA) is 67.7 Å². The number of amides is 2. The Hall–Kier alpha value is -3.02. The van der Waals surface area contributed by atoms with Gasteiger partial charge < -0.3 is 14.7 Å². The number of likely N-dealkylation sites (tertiary alicyclic amines) is 1. The van der Waals surface area contributed by atoms with Crippen molar-refractivity contribution in [1.29, 1.82) is 5.26 Å². The fraction of sp³-hybridized carbons (Fsp3) is 0.560. The smallest absolute Gasteiger partial charge is 0.370 e. The SMILES string of the molecule is CN(C)C(=O)C1CN(c2ccc(C#N)c(C(F)(F)F)c2)CC12CCN(C(=O)C1CC=CC1)CC2. The van der Waals surface area contributed by atoms with Gasteiger partial charge in [-0.15, -0.1) is 0 Å². The van der Waals surface area contributed by atoms with Gasteiger partial charge in [0.1, 0.15) is 0 Å². The van der Waals surface area contributed by atoms with E-state index in [-0.39, 0.29) is 23.7 Å². The number of nitriles is 1. The lowest BCUT2D eigenvalue weighted by Gasteiger charge is -2.43. The maximum absolute atomic E-state index is 13.5. The van der Waals surface area contributed by atoms with Crippen molar-refractivity contribution < 1.29 is 22.8 Å². The molecule has 0 saturated carbocycles. The van der Waals surface area contributed by atoms with E-state index >= 15 is 0 Å². The normalized spacial score (nSPS) is 22.3. The lowest BCUT2D eigenvalue weighted by molar-refractivity contribution is -0.141. The zero-order chi connectivity index (χ0) is 24.7. The summed E-state index contributed by atoms with van der Waals surface area (Å²) >= 11 is 0. The first-order valence-electron chi connectivity index (χ1n) is 11.6. The lowest BCUT2D eigenvalue weighted by Crippen LogP contribution is -2.50. The van der Waals surface area contributed by atoms with Crippen LogP contribution in [0.25, 0.3) is 0 Å². The first kappa shape index (κ1) is 24.1.